The van der Waals surface area contributed by atoms with Crippen LogP contribution in [0.2, 0.25) is 0 Å². The molecule has 1 aliphatic heterocycles. The van der Waals surface area contributed by atoms with Crippen LogP contribution in [0.5, 0.6) is 6.01 Å². The van der Waals surface area contributed by atoms with Crippen molar-refractivity contribution in [3.8, 4) is 6.01 Å². The maximum Gasteiger partial charge on any atom is 0.322 e. The zero-order valence-corrected chi connectivity index (χ0v) is 10.4. The fourth-order valence-corrected chi connectivity index (χ4v) is 1.96. The van der Waals surface area contributed by atoms with Gasteiger partial charge < -0.3 is 15.0 Å². The van der Waals surface area contributed by atoms with E-state index in [0.717, 1.165) is 13.1 Å². The van der Waals surface area contributed by atoms with Crippen molar-refractivity contribution in [1.29, 1.82) is 0 Å². The van der Waals surface area contributed by atoms with Crippen molar-refractivity contribution in [3.63, 3.8) is 0 Å². The lowest BCUT2D eigenvalue weighted by Gasteiger charge is -2.20. The smallest absolute Gasteiger partial charge is 0.322 e. The average Bonchev–Trinajstić information content (AvgIpc) is 2.67. The Labute approximate surface area is 101 Å². The average molecular weight is 237 g/mol. The summed E-state index contributed by atoms with van der Waals surface area (Å²) in [6.07, 6.45) is 4.97. The van der Waals surface area contributed by atoms with Gasteiger partial charge in [-0.2, -0.15) is 15.0 Å². The molecule has 2 rings (SSSR count). The third kappa shape index (κ3) is 2.95. The van der Waals surface area contributed by atoms with E-state index in [1.54, 1.807) is 14.2 Å². The molecule has 0 amide bonds. The molecule has 0 bridgehead atoms. The van der Waals surface area contributed by atoms with Crippen LogP contribution in [0.4, 0.5) is 11.9 Å². The van der Waals surface area contributed by atoms with E-state index in [2.05, 4.69) is 25.2 Å². The topological polar surface area (TPSA) is 63.2 Å². The molecule has 0 aromatic carbocycles. The Balaban J connectivity index is 2.22. The lowest BCUT2D eigenvalue weighted by molar-refractivity contribution is 0.378. The number of nitrogens with one attached hydrogen (secondary N) is 1. The Morgan fingerprint density at radius 3 is 2.35 bits per heavy atom. The minimum atomic E-state index is 0.364. The molecule has 0 atom stereocenters. The molecule has 1 aromatic rings. The van der Waals surface area contributed by atoms with Gasteiger partial charge in [-0.05, 0) is 12.8 Å². The van der Waals surface area contributed by atoms with Gasteiger partial charge in [-0.1, -0.05) is 12.8 Å². The summed E-state index contributed by atoms with van der Waals surface area (Å²) in [5.74, 6) is 1.26. The van der Waals surface area contributed by atoms with E-state index in [9.17, 15) is 0 Å². The molecule has 94 valence electrons. The van der Waals surface area contributed by atoms with Crippen molar-refractivity contribution in [2.75, 3.05) is 37.5 Å². The molecular formula is C11H19N5O. The second kappa shape index (κ2) is 5.65. The van der Waals surface area contributed by atoms with Gasteiger partial charge in [0.05, 0.1) is 7.11 Å². The predicted molar refractivity (Wildman–Crippen MR) is 66.6 cm³/mol. The Hall–Kier alpha value is -1.59. The van der Waals surface area contributed by atoms with Gasteiger partial charge >= 0.3 is 6.01 Å². The van der Waals surface area contributed by atoms with Crippen molar-refractivity contribution in [3.05, 3.63) is 0 Å². The largest absolute Gasteiger partial charge is 0.467 e. The van der Waals surface area contributed by atoms with Crippen LogP contribution in [0.1, 0.15) is 25.7 Å². The van der Waals surface area contributed by atoms with Gasteiger partial charge in [-0.25, -0.2) is 0 Å². The highest BCUT2D eigenvalue weighted by Crippen LogP contribution is 2.18. The van der Waals surface area contributed by atoms with Crippen LogP contribution < -0.4 is 15.0 Å². The highest BCUT2D eigenvalue weighted by atomic mass is 16.5. The molecule has 6 heteroatoms. The highest BCUT2D eigenvalue weighted by Gasteiger charge is 2.15. The predicted octanol–water partition coefficient (Wildman–Crippen LogP) is 1.30. The molecule has 0 saturated carbocycles. The lowest BCUT2D eigenvalue weighted by Crippen LogP contribution is -2.26. The molecule has 0 spiro atoms. The van der Waals surface area contributed by atoms with Crippen LogP contribution in [0.15, 0.2) is 0 Å². The molecule has 1 aromatic heterocycles. The molecule has 1 aliphatic rings. The summed E-state index contributed by atoms with van der Waals surface area (Å²) < 4.78 is 5.09. The molecule has 1 N–H and O–H groups in total. The first-order valence-electron chi connectivity index (χ1n) is 6.06. The summed E-state index contributed by atoms with van der Waals surface area (Å²) >= 11 is 0. The summed E-state index contributed by atoms with van der Waals surface area (Å²) in [5.41, 5.74) is 0. The number of hydrogen-bond donors (Lipinski definition) is 1. The van der Waals surface area contributed by atoms with Crippen LogP contribution >= 0.6 is 0 Å². The molecular weight excluding hydrogens is 218 g/mol. The third-order valence-electron chi connectivity index (χ3n) is 2.90. The second-order valence-corrected chi connectivity index (χ2v) is 4.10. The minimum Gasteiger partial charge on any atom is -0.467 e. The first kappa shape index (κ1) is 11.9. The lowest BCUT2D eigenvalue weighted by atomic mass is 10.2. The van der Waals surface area contributed by atoms with E-state index in [1.165, 1.54) is 25.7 Å². The SMILES string of the molecule is CNc1nc(OC)nc(N2CCCCCC2)n1. The quantitative estimate of drug-likeness (QED) is 0.855. The van der Waals surface area contributed by atoms with E-state index in [0.29, 0.717) is 17.9 Å². The number of nitrogens with zero attached hydrogens (tertiary/aromatic N) is 4. The minimum absolute atomic E-state index is 0.364. The third-order valence-corrected chi connectivity index (χ3v) is 2.90. The Bertz CT molecular complexity index is 341. The van der Waals surface area contributed by atoms with Crippen LogP contribution in [-0.4, -0.2) is 42.2 Å². The first-order chi connectivity index (χ1) is 8.33. The van der Waals surface area contributed by atoms with Crippen molar-refractivity contribution >= 4 is 11.9 Å². The maximum atomic E-state index is 5.09. The summed E-state index contributed by atoms with van der Waals surface area (Å²) in [6.45, 7) is 2.02. The van der Waals surface area contributed by atoms with Gasteiger partial charge in [0, 0.05) is 20.1 Å². The Kier molecular flexibility index (Phi) is 3.95. The monoisotopic (exact) mass is 237 g/mol. The van der Waals surface area contributed by atoms with E-state index in [4.69, 9.17) is 4.74 Å². The van der Waals surface area contributed by atoms with Gasteiger partial charge in [0.15, 0.2) is 0 Å². The maximum absolute atomic E-state index is 5.09. The summed E-state index contributed by atoms with van der Waals surface area (Å²) in [7, 11) is 3.36. The summed E-state index contributed by atoms with van der Waals surface area (Å²) in [5, 5.41) is 2.93. The van der Waals surface area contributed by atoms with E-state index < -0.39 is 0 Å². The molecule has 0 radical (unpaired) electrons. The number of anilines is 2. The molecule has 1 fully saturated rings. The number of hydrogen-bond acceptors (Lipinski definition) is 6. The summed E-state index contributed by atoms with van der Waals surface area (Å²) in [4.78, 5) is 15.0. The van der Waals surface area contributed by atoms with Crippen molar-refractivity contribution < 1.29 is 4.74 Å². The number of methoxy groups -OCH3 is 1. The van der Waals surface area contributed by atoms with Crippen LogP contribution in [-0.2, 0) is 0 Å². The number of aromatic nitrogens is 3. The van der Waals surface area contributed by atoms with Gasteiger partial charge in [0.25, 0.3) is 0 Å². The van der Waals surface area contributed by atoms with Gasteiger partial charge in [-0.15, -0.1) is 0 Å². The number of ether oxygens (including phenoxy) is 1. The molecule has 2 heterocycles. The zero-order valence-electron chi connectivity index (χ0n) is 10.4. The van der Waals surface area contributed by atoms with Crippen molar-refractivity contribution in [2.24, 2.45) is 0 Å². The Morgan fingerprint density at radius 1 is 1.06 bits per heavy atom. The first-order valence-corrected chi connectivity index (χ1v) is 6.06. The van der Waals surface area contributed by atoms with Crippen molar-refractivity contribution in [2.45, 2.75) is 25.7 Å². The zero-order chi connectivity index (χ0) is 12.1. The summed E-state index contributed by atoms with van der Waals surface area (Å²) in [6, 6.07) is 0.364. The van der Waals surface area contributed by atoms with Crippen molar-refractivity contribution in [1.82, 2.24) is 15.0 Å². The molecule has 1 saturated heterocycles. The van der Waals surface area contributed by atoms with Crippen LogP contribution in [0.25, 0.3) is 0 Å². The second-order valence-electron chi connectivity index (χ2n) is 4.10. The van der Waals surface area contributed by atoms with Gasteiger partial charge in [-0.3, -0.25) is 0 Å². The standard InChI is InChI=1S/C11H19N5O/c1-12-9-13-10(15-11(14-9)17-2)16-7-5-3-4-6-8-16/h3-8H2,1-2H3,(H,12,13,14,15). The molecule has 0 aliphatic carbocycles. The fourth-order valence-electron chi connectivity index (χ4n) is 1.96. The highest BCUT2D eigenvalue weighted by molar-refractivity contribution is 5.38. The Morgan fingerprint density at radius 2 is 1.76 bits per heavy atom. The number of rotatable bonds is 3. The van der Waals surface area contributed by atoms with Crippen LogP contribution in [0.3, 0.4) is 0 Å². The normalized spacial score (nSPS) is 16.5. The molecule has 17 heavy (non-hydrogen) atoms. The van der Waals surface area contributed by atoms with E-state index in [1.807, 2.05) is 0 Å². The molecule has 6 nitrogen and oxygen atoms in total. The van der Waals surface area contributed by atoms with Gasteiger partial charge in [0.2, 0.25) is 11.9 Å². The fraction of sp³-hybridized carbons (Fsp3) is 0.727. The van der Waals surface area contributed by atoms with Gasteiger partial charge in [0.1, 0.15) is 0 Å². The van der Waals surface area contributed by atoms with E-state index in [-0.39, 0.29) is 0 Å². The van der Waals surface area contributed by atoms with Crippen LogP contribution in [0, 0.1) is 0 Å². The molecule has 0 unspecified atom stereocenters. The van der Waals surface area contributed by atoms with E-state index >= 15 is 0 Å².